The van der Waals surface area contributed by atoms with Gasteiger partial charge >= 0.3 is 5.97 Å². The first-order valence-corrected chi connectivity index (χ1v) is 3.79. The van der Waals surface area contributed by atoms with Gasteiger partial charge in [-0.25, -0.2) is 9.78 Å². The number of carboxylic acids is 1. The van der Waals surface area contributed by atoms with Gasteiger partial charge in [0.2, 0.25) is 0 Å². The van der Waals surface area contributed by atoms with E-state index in [0.717, 1.165) is 0 Å². The summed E-state index contributed by atoms with van der Waals surface area (Å²) in [5.41, 5.74) is 0.346. The summed E-state index contributed by atoms with van der Waals surface area (Å²) in [5, 5.41) is 8.72. The van der Waals surface area contributed by atoms with Crippen LogP contribution >= 0.6 is 11.6 Å². The maximum absolute atomic E-state index is 10.6. The first kappa shape index (κ1) is 9.67. The topological polar surface area (TPSA) is 67.3 Å². The second-order valence-electron chi connectivity index (χ2n) is 2.41. The highest BCUT2D eigenvalue weighted by molar-refractivity contribution is 6.33. The Bertz CT molecular complexity index is 376. The number of aromatic nitrogens is 1. The number of halogens is 1. The molecule has 5 heteroatoms. The van der Waals surface area contributed by atoms with Crippen molar-refractivity contribution in [2.45, 2.75) is 6.92 Å². The predicted octanol–water partition coefficient (Wildman–Crippen LogP) is 1.55. The van der Waals surface area contributed by atoms with Crippen LogP contribution in [0.2, 0.25) is 5.02 Å². The van der Waals surface area contributed by atoms with Crippen molar-refractivity contribution in [2.24, 2.45) is 0 Å². The molecule has 0 bridgehead atoms. The number of rotatable bonds is 2. The van der Waals surface area contributed by atoms with Crippen molar-refractivity contribution in [3.63, 3.8) is 0 Å². The fraction of sp³-hybridized carbons (Fsp3) is 0.125. The van der Waals surface area contributed by atoms with Crippen LogP contribution in [0.25, 0.3) is 0 Å². The number of aryl methyl sites for hydroxylation is 1. The molecule has 0 unspecified atom stereocenters. The summed E-state index contributed by atoms with van der Waals surface area (Å²) >= 11 is 5.59. The van der Waals surface area contributed by atoms with E-state index in [0.29, 0.717) is 6.29 Å². The van der Waals surface area contributed by atoms with Crippen LogP contribution in [0.3, 0.4) is 0 Å². The van der Waals surface area contributed by atoms with E-state index in [9.17, 15) is 9.59 Å². The molecule has 1 rings (SSSR count). The van der Waals surface area contributed by atoms with Crippen LogP contribution in [0, 0.1) is 6.92 Å². The van der Waals surface area contributed by atoms with Gasteiger partial charge in [-0.05, 0) is 13.0 Å². The van der Waals surface area contributed by atoms with Crippen LogP contribution in [0.1, 0.15) is 26.5 Å². The lowest BCUT2D eigenvalue weighted by Crippen LogP contribution is -2.04. The Morgan fingerprint density at radius 2 is 2.31 bits per heavy atom. The summed E-state index contributed by atoms with van der Waals surface area (Å²) < 4.78 is 0. The number of hydrogen-bond acceptors (Lipinski definition) is 3. The van der Waals surface area contributed by atoms with Crippen LogP contribution in [-0.2, 0) is 0 Å². The Labute approximate surface area is 79.2 Å². The lowest BCUT2D eigenvalue weighted by molar-refractivity contribution is 0.0695. The Kier molecular flexibility index (Phi) is 2.63. The highest BCUT2D eigenvalue weighted by Gasteiger charge is 2.11. The highest BCUT2D eigenvalue weighted by atomic mass is 35.5. The summed E-state index contributed by atoms with van der Waals surface area (Å²) in [6, 6.07) is 1.22. The summed E-state index contributed by atoms with van der Waals surface area (Å²) in [6.45, 7) is 1.51. The number of carbonyl (C=O) groups is 2. The number of carboxylic acid groups (broad SMARTS) is 1. The molecule has 68 valence electrons. The van der Waals surface area contributed by atoms with E-state index in [-0.39, 0.29) is 22.0 Å². The molecule has 0 saturated carbocycles. The molecule has 0 aliphatic rings. The third-order valence-corrected chi connectivity index (χ3v) is 1.84. The van der Waals surface area contributed by atoms with Gasteiger partial charge in [-0.3, -0.25) is 4.79 Å². The van der Waals surface area contributed by atoms with Crippen molar-refractivity contribution in [1.29, 1.82) is 0 Å². The van der Waals surface area contributed by atoms with Gasteiger partial charge in [-0.2, -0.15) is 0 Å². The molecule has 0 amide bonds. The zero-order valence-corrected chi connectivity index (χ0v) is 7.50. The largest absolute Gasteiger partial charge is 0.478 e. The Hall–Kier alpha value is -1.42. The van der Waals surface area contributed by atoms with Crippen molar-refractivity contribution in [3.8, 4) is 0 Å². The molecule has 0 aliphatic carbocycles. The molecule has 0 fully saturated rings. The number of nitrogens with zero attached hydrogens (tertiary/aromatic N) is 1. The Morgan fingerprint density at radius 1 is 1.69 bits per heavy atom. The highest BCUT2D eigenvalue weighted by Crippen LogP contribution is 2.16. The van der Waals surface area contributed by atoms with E-state index in [2.05, 4.69) is 4.98 Å². The van der Waals surface area contributed by atoms with Crippen molar-refractivity contribution >= 4 is 23.9 Å². The van der Waals surface area contributed by atoms with E-state index < -0.39 is 5.97 Å². The number of aromatic carboxylic acids is 1. The number of pyridine rings is 1. The van der Waals surface area contributed by atoms with Crippen LogP contribution in [0.4, 0.5) is 0 Å². The van der Waals surface area contributed by atoms with E-state index in [1.54, 1.807) is 0 Å². The van der Waals surface area contributed by atoms with E-state index >= 15 is 0 Å². The molecule has 1 N–H and O–H groups in total. The number of carbonyl (C=O) groups excluding carboxylic acids is 1. The molecule has 0 aliphatic heterocycles. The van der Waals surface area contributed by atoms with Crippen LogP contribution in [0.15, 0.2) is 6.07 Å². The second-order valence-corrected chi connectivity index (χ2v) is 2.82. The van der Waals surface area contributed by atoms with Gasteiger partial charge in [0, 0.05) is 0 Å². The first-order chi connectivity index (χ1) is 6.06. The third kappa shape index (κ3) is 1.84. The maximum Gasteiger partial charge on any atom is 0.337 e. The van der Waals surface area contributed by atoms with Gasteiger partial charge in [0.05, 0.1) is 16.3 Å². The predicted molar refractivity (Wildman–Crippen MR) is 46.3 cm³/mol. The molecule has 0 radical (unpaired) electrons. The zero-order valence-electron chi connectivity index (χ0n) is 6.74. The van der Waals surface area contributed by atoms with Crippen molar-refractivity contribution in [2.75, 3.05) is 0 Å². The van der Waals surface area contributed by atoms with Crippen molar-refractivity contribution in [1.82, 2.24) is 4.98 Å². The maximum atomic E-state index is 10.6. The van der Waals surface area contributed by atoms with Crippen LogP contribution < -0.4 is 0 Å². The van der Waals surface area contributed by atoms with E-state index in [1.807, 2.05) is 0 Å². The molecule has 1 heterocycles. The third-order valence-electron chi connectivity index (χ3n) is 1.54. The molecule has 1 aromatic rings. The van der Waals surface area contributed by atoms with E-state index in [1.165, 1.54) is 13.0 Å². The number of aldehydes is 1. The fourth-order valence-electron chi connectivity index (χ4n) is 0.899. The fourth-order valence-corrected chi connectivity index (χ4v) is 1.09. The average Bonchev–Trinajstić information content (AvgIpc) is 2.07. The van der Waals surface area contributed by atoms with Gasteiger partial charge in [-0.1, -0.05) is 11.6 Å². The van der Waals surface area contributed by atoms with Gasteiger partial charge in [0.1, 0.15) is 5.69 Å². The van der Waals surface area contributed by atoms with Gasteiger partial charge in [-0.15, -0.1) is 0 Å². The number of hydrogen-bond donors (Lipinski definition) is 1. The molecule has 0 saturated heterocycles. The average molecular weight is 200 g/mol. The lowest BCUT2D eigenvalue weighted by Gasteiger charge is -2.01. The summed E-state index contributed by atoms with van der Waals surface area (Å²) in [6.07, 6.45) is 0.487. The van der Waals surface area contributed by atoms with Gasteiger partial charge in [0.15, 0.2) is 6.29 Å². The molecule has 4 nitrogen and oxygen atoms in total. The molecule has 0 spiro atoms. The van der Waals surface area contributed by atoms with Crippen LogP contribution in [-0.4, -0.2) is 22.3 Å². The monoisotopic (exact) mass is 199 g/mol. The molecule has 0 atom stereocenters. The molecular formula is C8H6ClNO3. The van der Waals surface area contributed by atoms with E-state index in [4.69, 9.17) is 16.7 Å². The standard InChI is InChI=1S/C8H6ClNO3/c1-4-5(8(12)13)2-6(9)7(3-11)10-4/h2-3H,1H3,(H,12,13). The normalized spacial score (nSPS) is 9.69. The zero-order chi connectivity index (χ0) is 10.0. The Balaban J connectivity index is 3.36. The first-order valence-electron chi connectivity index (χ1n) is 3.42. The van der Waals surface area contributed by atoms with Gasteiger partial charge < -0.3 is 5.11 Å². The molecular weight excluding hydrogens is 194 g/mol. The van der Waals surface area contributed by atoms with Crippen molar-refractivity contribution in [3.05, 3.63) is 28.0 Å². The second kappa shape index (κ2) is 3.53. The minimum absolute atomic E-state index is 0.00981. The molecule has 0 aromatic carbocycles. The van der Waals surface area contributed by atoms with Gasteiger partial charge in [0.25, 0.3) is 0 Å². The van der Waals surface area contributed by atoms with Crippen molar-refractivity contribution < 1.29 is 14.7 Å². The summed E-state index contributed by atoms with van der Waals surface area (Å²) in [4.78, 5) is 24.7. The quantitative estimate of drug-likeness (QED) is 0.734. The minimum Gasteiger partial charge on any atom is -0.478 e. The minimum atomic E-state index is -1.11. The molecule has 13 heavy (non-hydrogen) atoms. The molecule has 1 aromatic heterocycles. The SMILES string of the molecule is Cc1nc(C=O)c(Cl)cc1C(=O)O. The summed E-state index contributed by atoms with van der Waals surface area (Å²) in [7, 11) is 0. The smallest absolute Gasteiger partial charge is 0.337 e. The summed E-state index contributed by atoms with van der Waals surface area (Å²) in [5.74, 6) is -1.11. The van der Waals surface area contributed by atoms with Crippen LogP contribution in [0.5, 0.6) is 0 Å². The Morgan fingerprint density at radius 3 is 2.77 bits per heavy atom. The lowest BCUT2D eigenvalue weighted by atomic mass is 10.2.